The topological polar surface area (TPSA) is 101 Å². The SMILES string of the molecule is C=C(C)C(=O)OC(C)CC1C=CC(C(=O)O)C(C(=O)O)C1. The molecule has 6 nitrogen and oxygen atoms in total. The lowest BCUT2D eigenvalue weighted by atomic mass is 9.77. The number of carbonyl (C=O) groups excluding carboxylic acids is 1. The van der Waals surface area contributed by atoms with Crippen molar-refractivity contribution in [2.75, 3.05) is 0 Å². The molecule has 2 N–H and O–H groups in total. The Kier molecular flexibility index (Phi) is 5.69. The number of rotatable bonds is 6. The summed E-state index contributed by atoms with van der Waals surface area (Å²) in [5, 5.41) is 18.1. The van der Waals surface area contributed by atoms with Crippen molar-refractivity contribution in [3.05, 3.63) is 24.3 Å². The number of carboxylic acids is 2. The largest absolute Gasteiger partial charge is 0.481 e. The molecule has 6 heteroatoms. The van der Waals surface area contributed by atoms with Crippen LogP contribution in [0.3, 0.4) is 0 Å². The number of carbonyl (C=O) groups is 3. The molecule has 0 aromatic rings. The minimum Gasteiger partial charge on any atom is -0.481 e. The molecule has 0 aromatic heterocycles. The van der Waals surface area contributed by atoms with Crippen LogP contribution in [0.25, 0.3) is 0 Å². The first kappa shape index (κ1) is 16.9. The van der Waals surface area contributed by atoms with Gasteiger partial charge in [-0.05, 0) is 32.6 Å². The smallest absolute Gasteiger partial charge is 0.333 e. The molecule has 0 fully saturated rings. The average Bonchev–Trinajstić information content (AvgIpc) is 2.37. The van der Waals surface area contributed by atoms with E-state index in [1.807, 2.05) is 0 Å². The summed E-state index contributed by atoms with van der Waals surface area (Å²) in [6.07, 6.45) is 3.40. The Morgan fingerprint density at radius 3 is 2.38 bits per heavy atom. The van der Waals surface area contributed by atoms with Gasteiger partial charge in [-0.15, -0.1) is 0 Å². The van der Waals surface area contributed by atoms with E-state index in [1.165, 1.54) is 6.08 Å². The molecule has 0 radical (unpaired) electrons. The van der Waals surface area contributed by atoms with Crippen LogP contribution in [-0.2, 0) is 19.1 Å². The van der Waals surface area contributed by atoms with Gasteiger partial charge in [0.1, 0.15) is 0 Å². The van der Waals surface area contributed by atoms with E-state index in [0.717, 1.165) is 0 Å². The third-order valence-electron chi connectivity index (χ3n) is 3.47. The van der Waals surface area contributed by atoms with Gasteiger partial charge >= 0.3 is 17.9 Å². The van der Waals surface area contributed by atoms with Crippen LogP contribution in [0.2, 0.25) is 0 Å². The monoisotopic (exact) mass is 296 g/mol. The second-order valence-electron chi connectivity index (χ2n) is 5.42. The fourth-order valence-corrected chi connectivity index (χ4v) is 2.40. The number of allylic oxidation sites excluding steroid dienone is 1. The van der Waals surface area contributed by atoms with E-state index in [-0.39, 0.29) is 18.4 Å². The Morgan fingerprint density at radius 1 is 1.29 bits per heavy atom. The fourth-order valence-electron chi connectivity index (χ4n) is 2.40. The average molecular weight is 296 g/mol. The summed E-state index contributed by atoms with van der Waals surface area (Å²) in [4.78, 5) is 33.6. The van der Waals surface area contributed by atoms with E-state index in [0.29, 0.717) is 12.0 Å². The highest BCUT2D eigenvalue weighted by atomic mass is 16.5. The molecule has 0 heterocycles. The van der Waals surface area contributed by atoms with Crippen LogP contribution in [0.4, 0.5) is 0 Å². The molecular weight excluding hydrogens is 276 g/mol. The van der Waals surface area contributed by atoms with Crippen LogP contribution >= 0.6 is 0 Å². The number of aliphatic carboxylic acids is 2. The molecule has 21 heavy (non-hydrogen) atoms. The second-order valence-corrected chi connectivity index (χ2v) is 5.42. The van der Waals surface area contributed by atoms with Crippen LogP contribution in [0.5, 0.6) is 0 Å². The normalized spacial score (nSPS) is 25.9. The first-order valence-corrected chi connectivity index (χ1v) is 6.72. The van der Waals surface area contributed by atoms with E-state index in [9.17, 15) is 14.4 Å². The molecule has 0 saturated heterocycles. The van der Waals surface area contributed by atoms with Crippen LogP contribution in [0.15, 0.2) is 24.3 Å². The van der Waals surface area contributed by atoms with Gasteiger partial charge in [-0.2, -0.15) is 0 Å². The summed E-state index contributed by atoms with van der Waals surface area (Å²) >= 11 is 0. The van der Waals surface area contributed by atoms with Gasteiger partial charge in [-0.1, -0.05) is 18.7 Å². The molecule has 0 amide bonds. The minimum absolute atomic E-state index is 0.130. The molecule has 1 rings (SSSR count). The standard InChI is InChI=1S/C15H20O6/c1-8(2)15(20)21-9(3)6-10-4-5-11(13(16)17)12(7-10)14(18)19/h4-5,9-12H,1,6-7H2,2-3H3,(H,16,17)(H,18,19). The Labute approximate surface area is 123 Å². The molecule has 1 aliphatic carbocycles. The van der Waals surface area contributed by atoms with Crippen molar-refractivity contribution in [3.8, 4) is 0 Å². The molecule has 0 spiro atoms. The zero-order chi connectivity index (χ0) is 16.2. The van der Waals surface area contributed by atoms with Crippen molar-refractivity contribution in [2.45, 2.75) is 32.8 Å². The molecule has 4 atom stereocenters. The van der Waals surface area contributed by atoms with Gasteiger partial charge in [0.25, 0.3) is 0 Å². The Morgan fingerprint density at radius 2 is 1.90 bits per heavy atom. The Hall–Kier alpha value is -2.11. The van der Waals surface area contributed by atoms with Crippen molar-refractivity contribution in [3.63, 3.8) is 0 Å². The third kappa shape index (κ3) is 4.73. The third-order valence-corrected chi connectivity index (χ3v) is 3.47. The van der Waals surface area contributed by atoms with Crippen molar-refractivity contribution in [1.29, 1.82) is 0 Å². The van der Waals surface area contributed by atoms with Gasteiger partial charge in [-0.25, -0.2) is 4.79 Å². The Balaban J connectivity index is 2.67. The van der Waals surface area contributed by atoms with Crippen molar-refractivity contribution in [2.24, 2.45) is 17.8 Å². The first-order chi connectivity index (χ1) is 9.72. The van der Waals surface area contributed by atoms with Gasteiger partial charge < -0.3 is 14.9 Å². The maximum Gasteiger partial charge on any atom is 0.333 e. The predicted octanol–water partition coefficient (Wildman–Crippen LogP) is 1.86. The van der Waals surface area contributed by atoms with Crippen LogP contribution < -0.4 is 0 Å². The van der Waals surface area contributed by atoms with E-state index in [1.54, 1.807) is 19.9 Å². The van der Waals surface area contributed by atoms with E-state index in [2.05, 4.69) is 6.58 Å². The molecule has 0 bridgehead atoms. The highest BCUT2D eigenvalue weighted by Gasteiger charge is 2.36. The van der Waals surface area contributed by atoms with Gasteiger partial charge in [-0.3, -0.25) is 9.59 Å². The van der Waals surface area contributed by atoms with Gasteiger partial charge in [0.15, 0.2) is 0 Å². The van der Waals surface area contributed by atoms with Crippen LogP contribution in [0, 0.1) is 17.8 Å². The lowest BCUT2D eigenvalue weighted by molar-refractivity contribution is -0.153. The summed E-state index contributed by atoms with van der Waals surface area (Å²) in [7, 11) is 0. The van der Waals surface area contributed by atoms with E-state index >= 15 is 0 Å². The molecule has 0 aliphatic heterocycles. The van der Waals surface area contributed by atoms with Gasteiger partial charge in [0.2, 0.25) is 0 Å². The summed E-state index contributed by atoms with van der Waals surface area (Å²) in [5.41, 5.74) is 0.301. The van der Waals surface area contributed by atoms with E-state index < -0.39 is 29.7 Å². The quantitative estimate of drug-likeness (QED) is 0.441. The predicted molar refractivity (Wildman–Crippen MR) is 74.5 cm³/mol. The molecule has 1 aliphatic rings. The zero-order valence-electron chi connectivity index (χ0n) is 12.1. The minimum atomic E-state index is -1.14. The fraction of sp³-hybridized carbons (Fsp3) is 0.533. The maximum atomic E-state index is 11.4. The van der Waals surface area contributed by atoms with Crippen LogP contribution in [-0.4, -0.2) is 34.2 Å². The first-order valence-electron chi connectivity index (χ1n) is 6.72. The highest BCUT2D eigenvalue weighted by molar-refractivity contribution is 5.87. The van der Waals surface area contributed by atoms with Crippen LogP contribution in [0.1, 0.15) is 26.7 Å². The number of ether oxygens (including phenoxy) is 1. The van der Waals surface area contributed by atoms with Crippen molar-refractivity contribution < 1.29 is 29.3 Å². The maximum absolute atomic E-state index is 11.4. The molecule has 116 valence electrons. The second kappa shape index (κ2) is 7.06. The van der Waals surface area contributed by atoms with Crippen molar-refractivity contribution >= 4 is 17.9 Å². The number of carboxylic acid groups (broad SMARTS) is 2. The van der Waals surface area contributed by atoms with Gasteiger partial charge in [0, 0.05) is 5.57 Å². The van der Waals surface area contributed by atoms with Gasteiger partial charge in [0.05, 0.1) is 17.9 Å². The molecule has 4 unspecified atom stereocenters. The van der Waals surface area contributed by atoms with E-state index in [4.69, 9.17) is 14.9 Å². The number of hydrogen-bond donors (Lipinski definition) is 2. The summed E-state index contributed by atoms with van der Waals surface area (Å²) < 4.78 is 5.15. The zero-order valence-corrected chi connectivity index (χ0v) is 12.1. The Bertz CT molecular complexity index is 479. The molecular formula is C15H20O6. The van der Waals surface area contributed by atoms with Crippen molar-refractivity contribution in [1.82, 2.24) is 0 Å². The number of esters is 1. The summed E-state index contributed by atoms with van der Waals surface area (Å²) in [6, 6.07) is 0. The highest BCUT2D eigenvalue weighted by Crippen LogP contribution is 2.32. The number of hydrogen-bond acceptors (Lipinski definition) is 4. The molecule has 0 saturated carbocycles. The molecule has 0 aromatic carbocycles. The summed E-state index contributed by atoms with van der Waals surface area (Å²) in [6.45, 7) is 6.75. The lowest BCUT2D eigenvalue weighted by Crippen LogP contribution is -2.33. The summed E-state index contributed by atoms with van der Waals surface area (Å²) in [5.74, 6) is -4.84. The lowest BCUT2D eigenvalue weighted by Gasteiger charge is -2.28.